The average Bonchev–Trinajstić information content (AvgIpc) is 2.77. The van der Waals surface area contributed by atoms with Gasteiger partial charge in [-0.15, -0.1) is 0 Å². The molecule has 0 atom stereocenters. The van der Waals surface area contributed by atoms with Crippen molar-refractivity contribution in [2.75, 3.05) is 63.7 Å². The van der Waals surface area contributed by atoms with Crippen molar-refractivity contribution in [3.05, 3.63) is 48.2 Å². The molecule has 2 heterocycles. The molecular formula is C22H32N6O. The van der Waals surface area contributed by atoms with E-state index < -0.39 is 0 Å². The summed E-state index contributed by atoms with van der Waals surface area (Å²) in [5.41, 5.74) is 2.40. The normalized spacial score (nSPS) is 14.7. The molecule has 1 aromatic carbocycles. The Hall–Kier alpha value is -2.96. The second-order valence-electron chi connectivity index (χ2n) is 7.26. The molecule has 0 amide bonds. The van der Waals surface area contributed by atoms with Crippen molar-refractivity contribution in [1.29, 1.82) is 0 Å². The summed E-state index contributed by atoms with van der Waals surface area (Å²) in [5.74, 6) is 2.82. The lowest BCUT2D eigenvalue weighted by molar-refractivity contribution is 0.372. The molecule has 0 radical (unpaired) electrons. The molecule has 0 bridgehead atoms. The fourth-order valence-corrected chi connectivity index (χ4v) is 3.36. The molecule has 1 aliphatic rings. The van der Waals surface area contributed by atoms with Gasteiger partial charge >= 0.3 is 0 Å². The van der Waals surface area contributed by atoms with Crippen LogP contribution < -0.4 is 19.9 Å². The molecule has 2 aromatic rings. The van der Waals surface area contributed by atoms with Gasteiger partial charge in [-0.25, -0.2) is 9.98 Å². The van der Waals surface area contributed by atoms with E-state index in [0.717, 1.165) is 55.8 Å². The number of aromatic nitrogens is 1. The Labute approximate surface area is 174 Å². The maximum absolute atomic E-state index is 5.26. The Morgan fingerprint density at radius 3 is 2.48 bits per heavy atom. The third kappa shape index (κ3) is 5.53. The smallest absolute Gasteiger partial charge is 0.194 e. The number of hydrogen-bond acceptors (Lipinski definition) is 5. The lowest BCUT2D eigenvalue weighted by Crippen LogP contribution is -2.52. The summed E-state index contributed by atoms with van der Waals surface area (Å²) in [5, 5.41) is 3.44. The second kappa shape index (κ2) is 10.0. The maximum Gasteiger partial charge on any atom is 0.194 e. The van der Waals surface area contributed by atoms with E-state index in [1.807, 2.05) is 43.4 Å². The van der Waals surface area contributed by atoms with Crippen molar-refractivity contribution >= 4 is 17.5 Å². The van der Waals surface area contributed by atoms with Crippen molar-refractivity contribution < 1.29 is 4.74 Å². The summed E-state index contributed by atoms with van der Waals surface area (Å²) in [4.78, 5) is 16.0. The first-order chi connectivity index (χ1) is 14.1. The number of anilines is 2. The van der Waals surface area contributed by atoms with Gasteiger partial charge in [0.1, 0.15) is 11.6 Å². The lowest BCUT2D eigenvalue weighted by atomic mass is 10.2. The quantitative estimate of drug-likeness (QED) is 0.598. The molecule has 1 N–H and O–H groups in total. The Bertz CT molecular complexity index is 797. The highest BCUT2D eigenvalue weighted by Crippen LogP contribution is 2.20. The summed E-state index contributed by atoms with van der Waals surface area (Å²) < 4.78 is 5.26. The predicted molar refractivity (Wildman–Crippen MR) is 120 cm³/mol. The zero-order valence-electron chi connectivity index (χ0n) is 17.9. The van der Waals surface area contributed by atoms with Crippen LogP contribution in [-0.4, -0.2) is 69.8 Å². The fourth-order valence-electron chi connectivity index (χ4n) is 3.36. The first-order valence-corrected chi connectivity index (χ1v) is 10.1. The van der Waals surface area contributed by atoms with Gasteiger partial charge in [0.05, 0.1) is 13.7 Å². The maximum atomic E-state index is 5.26. The summed E-state index contributed by atoms with van der Waals surface area (Å²) in [6, 6.07) is 12.4. The van der Waals surface area contributed by atoms with E-state index in [4.69, 9.17) is 9.73 Å². The van der Waals surface area contributed by atoms with Crippen molar-refractivity contribution in [3.8, 4) is 5.75 Å². The number of aliphatic imine (C=N–C) groups is 1. The summed E-state index contributed by atoms with van der Waals surface area (Å²) in [7, 11) is 5.70. The molecule has 1 aromatic heterocycles. The minimum atomic E-state index is 0.643. The lowest BCUT2D eigenvalue weighted by Gasteiger charge is -2.37. The van der Waals surface area contributed by atoms with E-state index in [0.29, 0.717) is 6.54 Å². The van der Waals surface area contributed by atoms with Crippen LogP contribution >= 0.6 is 0 Å². The van der Waals surface area contributed by atoms with Crippen LogP contribution in [0.5, 0.6) is 5.75 Å². The van der Waals surface area contributed by atoms with Crippen molar-refractivity contribution in [3.63, 3.8) is 0 Å². The number of rotatable bonds is 6. The summed E-state index contributed by atoms with van der Waals surface area (Å²) in [6.45, 7) is 7.43. The van der Waals surface area contributed by atoms with Gasteiger partial charge in [-0.1, -0.05) is 0 Å². The van der Waals surface area contributed by atoms with Gasteiger partial charge in [0.15, 0.2) is 5.96 Å². The van der Waals surface area contributed by atoms with Crippen LogP contribution in [0.3, 0.4) is 0 Å². The van der Waals surface area contributed by atoms with Crippen LogP contribution in [0.25, 0.3) is 0 Å². The first kappa shape index (κ1) is 20.8. The van der Waals surface area contributed by atoms with Crippen LogP contribution in [0, 0.1) is 0 Å². The molecule has 156 valence electrons. The van der Waals surface area contributed by atoms with Gasteiger partial charge in [-0.05, 0) is 48.9 Å². The van der Waals surface area contributed by atoms with Crippen molar-refractivity contribution in [1.82, 2.24) is 15.2 Å². The highest BCUT2D eigenvalue weighted by Gasteiger charge is 2.20. The molecule has 29 heavy (non-hydrogen) atoms. The topological polar surface area (TPSA) is 56.2 Å². The standard InChI is InChI=1S/C22H32N6O/c1-5-23-22(25-17-18-10-11-24-21(16-18)26(2)3)28-14-12-27(13-15-28)19-6-8-20(29-4)9-7-19/h6-11,16H,5,12-15,17H2,1-4H3,(H,23,25). The molecule has 1 aliphatic heterocycles. The van der Waals surface area contributed by atoms with Crippen LogP contribution in [0.4, 0.5) is 11.5 Å². The van der Waals surface area contributed by atoms with Crippen LogP contribution in [0.2, 0.25) is 0 Å². The Morgan fingerprint density at radius 2 is 1.86 bits per heavy atom. The van der Waals surface area contributed by atoms with E-state index in [2.05, 4.69) is 45.2 Å². The largest absolute Gasteiger partial charge is 0.497 e. The zero-order valence-corrected chi connectivity index (χ0v) is 17.9. The monoisotopic (exact) mass is 396 g/mol. The van der Waals surface area contributed by atoms with E-state index in [1.54, 1.807) is 7.11 Å². The number of piperazine rings is 1. The van der Waals surface area contributed by atoms with Crippen molar-refractivity contribution in [2.24, 2.45) is 4.99 Å². The number of ether oxygens (including phenoxy) is 1. The molecule has 3 rings (SSSR count). The molecule has 1 fully saturated rings. The molecule has 1 saturated heterocycles. The van der Waals surface area contributed by atoms with Gasteiger partial charge < -0.3 is 24.8 Å². The van der Waals surface area contributed by atoms with E-state index in [1.165, 1.54) is 5.69 Å². The Kier molecular flexibility index (Phi) is 7.16. The number of benzene rings is 1. The Morgan fingerprint density at radius 1 is 1.14 bits per heavy atom. The molecular weight excluding hydrogens is 364 g/mol. The number of nitrogens with one attached hydrogen (secondary N) is 1. The highest BCUT2D eigenvalue weighted by molar-refractivity contribution is 5.80. The Balaban J connectivity index is 1.62. The molecule has 7 nitrogen and oxygen atoms in total. The van der Waals surface area contributed by atoms with Crippen LogP contribution in [0.15, 0.2) is 47.6 Å². The fraction of sp³-hybridized carbons (Fsp3) is 0.455. The van der Waals surface area contributed by atoms with Crippen LogP contribution in [-0.2, 0) is 6.54 Å². The highest BCUT2D eigenvalue weighted by atomic mass is 16.5. The average molecular weight is 397 g/mol. The van der Waals surface area contributed by atoms with Gasteiger partial charge in [-0.3, -0.25) is 0 Å². The van der Waals surface area contributed by atoms with Gasteiger partial charge in [0.2, 0.25) is 0 Å². The minimum absolute atomic E-state index is 0.643. The zero-order chi connectivity index (χ0) is 20.6. The molecule has 0 spiro atoms. The summed E-state index contributed by atoms with van der Waals surface area (Å²) >= 11 is 0. The third-order valence-corrected chi connectivity index (χ3v) is 5.03. The van der Waals surface area contributed by atoms with Gasteiger partial charge in [-0.2, -0.15) is 0 Å². The van der Waals surface area contributed by atoms with Crippen LogP contribution in [0.1, 0.15) is 12.5 Å². The van der Waals surface area contributed by atoms with E-state index in [9.17, 15) is 0 Å². The second-order valence-corrected chi connectivity index (χ2v) is 7.26. The number of guanidine groups is 1. The number of nitrogens with zero attached hydrogens (tertiary/aromatic N) is 5. The van der Waals surface area contributed by atoms with Crippen molar-refractivity contribution in [2.45, 2.75) is 13.5 Å². The number of hydrogen-bond donors (Lipinski definition) is 1. The van der Waals surface area contributed by atoms with E-state index >= 15 is 0 Å². The first-order valence-electron chi connectivity index (χ1n) is 10.1. The SMILES string of the molecule is CCNC(=NCc1ccnc(N(C)C)c1)N1CCN(c2ccc(OC)cc2)CC1. The summed E-state index contributed by atoms with van der Waals surface area (Å²) in [6.07, 6.45) is 1.85. The predicted octanol–water partition coefficient (Wildman–Crippen LogP) is 2.44. The minimum Gasteiger partial charge on any atom is -0.497 e. The number of methoxy groups -OCH3 is 1. The molecule has 0 saturated carbocycles. The van der Waals surface area contributed by atoms with Gasteiger partial charge in [0, 0.05) is 58.7 Å². The number of pyridine rings is 1. The molecule has 0 aliphatic carbocycles. The van der Waals surface area contributed by atoms with Gasteiger partial charge in [0.25, 0.3) is 0 Å². The van der Waals surface area contributed by atoms with E-state index in [-0.39, 0.29) is 0 Å². The third-order valence-electron chi connectivity index (χ3n) is 5.03. The molecule has 0 unspecified atom stereocenters. The molecule has 7 heteroatoms.